The lowest BCUT2D eigenvalue weighted by Gasteiger charge is -2.27. The van der Waals surface area contributed by atoms with E-state index >= 15 is 0 Å². The first-order valence-electron chi connectivity index (χ1n) is 4.84. The van der Waals surface area contributed by atoms with Crippen LogP contribution in [0.5, 0.6) is 0 Å². The van der Waals surface area contributed by atoms with Gasteiger partial charge >= 0.3 is 0 Å². The summed E-state index contributed by atoms with van der Waals surface area (Å²) in [5.74, 6) is 0.747. The Morgan fingerprint density at radius 2 is 2.29 bits per heavy atom. The summed E-state index contributed by atoms with van der Waals surface area (Å²) >= 11 is 7.04. The Bertz CT molecular complexity index is 324. The summed E-state index contributed by atoms with van der Waals surface area (Å²) in [4.78, 5) is 0. The summed E-state index contributed by atoms with van der Waals surface area (Å²) < 4.78 is 8.07. The van der Waals surface area contributed by atoms with Gasteiger partial charge in [-0.05, 0) is 18.3 Å². The number of aromatic nitrogens is 2. The van der Waals surface area contributed by atoms with Crippen LogP contribution in [0.2, 0.25) is 5.15 Å². The van der Waals surface area contributed by atoms with E-state index in [9.17, 15) is 0 Å². The summed E-state index contributed by atoms with van der Waals surface area (Å²) in [7, 11) is 0. The van der Waals surface area contributed by atoms with Crippen molar-refractivity contribution in [3.63, 3.8) is 0 Å². The van der Waals surface area contributed by atoms with E-state index < -0.39 is 0 Å². The molecule has 0 aliphatic heterocycles. The molecule has 1 atom stereocenters. The van der Waals surface area contributed by atoms with Crippen LogP contribution in [0.25, 0.3) is 0 Å². The largest absolute Gasteiger partial charge is 0.363 e. The SMILES string of the molecule is CC1(C)CCCC1Nc1nsnc1Cl. The highest BCUT2D eigenvalue weighted by Crippen LogP contribution is 2.39. The van der Waals surface area contributed by atoms with Crippen LogP contribution < -0.4 is 5.32 Å². The van der Waals surface area contributed by atoms with Crippen molar-refractivity contribution in [2.75, 3.05) is 5.32 Å². The molecule has 5 heteroatoms. The Morgan fingerprint density at radius 1 is 1.50 bits per heavy atom. The van der Waals surface area contributed by atoms with E-state index in [1.807, 2.05) is 0 Å². The second-order valence-electron chi connectivity index (χ2n) is 4.48. The van der Waals surface area contributed by atoms with Crippen LogP contribution in [-0.4, -0.2) is 14.8 Å². The van der Waals surface area contributed by atoms with Gasteiger partial charge in [0.15, 0.2) is 11.0 Å². The van der Waals surface area contributed by atoms with Gasteiger partial charge in [-0.2, -0.15) is 8.75 Å². The molecule has 0 bridgehead atoms. The predicted octanol–water partition coefficient (Wildman–Crippen LogP) is 3.18. The van der Waals surface area contributed by atoms with E-state index in [0.717, 1.165) is 17.5 Å². The molecule has 1 aliphatic rings. The zero-order chi connectivity index (χ0) is 10.2. The van der Waals surface area contributed by atoms with Gasteiger partial charge in [-0.3, -0.25) is 0 Å². The Kier molecular flexibility index (Phi) is 2.66. The molecule has 1 fully saturated rings. The van der Waals surface area contributed by atoms with Gasteiger partial charge in [0.25, 0.3) is 0 Å². The van der Waals surface area contributed by atoms with Gasteiger partial charge in [-0.1, -0.05) is 31.9 Å². The average Bonchev–Trinajstić information content (AvgIpc) is 2.62. The number of nitrogens with one attached hydrogen (secondary N) is 1. The van der Waals surface area contributed by atoms with E-state index in [1.54, 1.807) is 0 Å². The number of nitrogens with zero attached hydrogens (tertiary/aromatic N) is 2. The number of hydrogen-bond acceptors (Lipinski definition) is 4. The molecule has 1 saturated carbocycles. The highest BCUT2D eigenvalue weighted by atomic mass is 35.5. The fraction of sp³-hybridized carbons (Fsp3) is 0.778. The molecule has 1 unspecified atom stereocenters. The molecule has 0 spiro atoms. The van der Waals surface area contributed by atoms with Gasteiger partial charge in [-0.15, -0.1) is 0 Å². The highest BCUT2D eigenvalue weighted by molar-refractivity contribution is 6.99. The second kappa shape index (κ2) is 3.66. The maximum atomic E-state index is 5.89. The van der Waals surface area contributed by atoms with E-state index in [0.29, 0.717) is 16.6 Å². The van der Waals surface area contributed by atoms with Crippen molar-refractivity contribution in [1.82, 2.24) is 8.75 Å². The smallest absolute Gasteiger partial charge is 0.186 e. The highest BCUT2D eigenvalue weighted by Gasteiger charge is 2.35. The molecule has 1 aromatic rings. The molecular formula is C9H14ClN3S. The molecule has 1 aromatic heterocycles. The van der Waals surface area contributed by atoms with E-state index in [2.05, 4.69) is 27.9 Å². The van der Waals surface area contributed by atoms with Gasteiger partial charge in [0.05, 0.1) is 11.7 Å². The van der Waals surface area contributed by atoms with Gasteiger partial charge in [0.1, 0.15) is 0 Å². The number of anilines is 1. The molecule has 1 heterocycles. The van der Waals surface area contributed by atoms with Gasteiger partial charge in [0, 0.05) is 6.04 Å². The minimum Gasteiger partial charge on any atom is -0.363 e. The Balaban J connectivity index is 2.08. The molecule has 0 aromatic carbocycles. The quantitative estimate of drug-likeness (QED) is 0.850. The predicted molar refractivity (Wildman–Crippen MR) is 60.0 cm³/mol. The first-order chi connectivity index (χ1) is 6.59. The summed E-state index contributed by atoms with van der Waals surface area (Å²) in [6, 6.07) is 0.476. The van der Waals surface area contributed by atoms with Crippen LogP contribution in [0.1, 0.15) is 33.1 Å². The lowest BCUT2D eigenvalue weighted by Crippen LogP contribution is -2.30. The van der Waals surface area contributed by atoms with Gasteiger partial charge < -0.3 is 5.32 Å². The lowest BCUT2D eigenvalue weighted by molar-refractivity contribution is 0.349. The monoisotopic (exact) mass is 231 g/mol. The Morgan fingerprint density at radius 3 is 2.79 bits per heavy atom. The molecule has 1 N–H and O–H groups in total. The van der Waals surface area contributed by atoms with Crippen molar-refractivity contribution >= 4 is 29.1 Å². The maximum Gasteiger partial charge on any atom is 0.186 e. The van der Waals surface area contributed by atoms with Gasteiger partial charge in [-0.25, -0.2) is 0 Å². The molecule has 3 nitrogen and oxygen atoms in total. The fourth-order valence-electron chi connectivity index (χ4n) is 2.02. The molecule has 2 rings (SSSR count). The van der Waals surface area contributed by atoms with Crippen LogP contribution in [-0.2, 0) is 0 Å². The van der Waals surface area contributed by atoms with E-state index in [1.165, 1.54) is 19.3 Å². The zero-order valence-corrected chi connectivity index (χ0v) is 9.95. The fourth-order valence-corrected chi connectivity index (χ4v) is 2.68. The van der Waals surface area contributed by atoms with Crippen LogP contribution in [0.3, 0.4) is 0 Å². The lowest BCUT2D eigenvalue weighted by atomic mass is 9.87. The second-order valence-corrected chi connectivity index (χ2v) is 5.37. The molecule has 0 saturated heterocycles. The molecule has 1 aliphatic carbocycles. The van der Waals surface area contributed by atoms with Crippen LogP contribution in [0, 0.1) is 5.41 Å². The summed E-state index contributed by atoms with van der Waals surface area (Å²) in [6.07, 6.45) is 3.74. The zero-order valence-electron chi connectivity index (χ0n) is 8.38. The first kappa shape index (κ1) is 10.2. The number of hydrogen-bond donors (Lipinski definition) is 1. The van der Waals surface area contributed by atoms with Crippen molar-refractivity contribution < 1.29 is 0 Å². The molecule has 14 heavy (non-hydrogen) atoms. The summed E-state index contributed by atoms with van der Waals surface area (Å²) in [5, 5.41) is 3.88. The Hall–Kier alpha value is -0.350. The third-order valence-corrected chi connectivity index (χ3v) is 3.91. The molecular weight excluding hydrogens is 218 g/mol. The third kappa shape index (κ3) is 1.86. The van der Waals surface area contributed by atoms with Crippen molar-refractivity contribution in [2.24, 2.45) is 5.41 Å². The normalized spacial score (nSPS) is 25.2. The molecule has 0 amide bonds. The van der Waals surface area contributed by atoms with Crippen molar-refractivity contribution in [3.8, 4) is 0 Å². The minimum atomic E-state index is 0.340. The van der Waals surface area contributed by atoms with Crippen molar-refractivity contribution in [1.29, 1.82) is 0 Å². The van der Waals surface area contributed by atoms with E-state index in [-0.39, 0.29) is 0 Å². The maximum absolute atomic E-state index is 5.89. The van der Waals surface area contributed by atoms with E-state index in [4.69, 9.17) is 11.6 Å². The minimum absolute atomic E-state index is 0.340. The van der Waals surface area contributed by atoms with Crippen LogP contribution in [0.4, 0.5) is 5.82 Å². The first-order valence-corrected chi connectivity index (χ1v) is 5.95. The Labute approximate surface area is 93.2 Å². The number of halogens is 1. The topological polar surface area (TPSA) is 37.8 Å². The molecule has 78 valence electrons. The average molecular weight is 232 g/mol. The van der Waals surface area contributed by atoms with Gasteiger partial charge in [0.2, 0.25) is 0 Å². The summed E-state index contributed by atoms with van der Waals surface area (Å²) in [6.45, 7) is 4.57. The van der Waals surface area contributed by atoms with Crippen molar-refractivity contribution in [3.05, 3.63) is 5.15 Å². The molecule has 0 radical (unpaired) electrons. The van der Waals surface area contributed by atoms with Crippen molar-refractivity contribution in [2.45, 2.75) is 39.2 Å². The van der Waals surface area contributed by atoms with Crippen LogP contribution >= 0.6 is 23.3 Å². The number of rotatable bonds is 2. The summed E-state index contributed by atoms with van der Waals surface area (Å²) in [5.41, 5.74) is 0.340. The third-order valence-electron chi connectivity index (χ3n) is 3.02. The van der Waals surface area contributed by atoms with Crippen LogP contribution in [0.15, 0.2) is 0 Å². The standard InChI is InChI=1S/C9H14ClN3S/c1-9(2)5-3-4-6(9)11-8-7(10)12-14-13-8/h6H,3-5H2,1-2H3,(H,11,13).